The van der Waals surface area contributed by atoms with Crippen molar-refractivity contribution in [2.45, 2.75) is 51.4 Å². The number of aliphatic carboxylic acids is 1. The van der Waals surface area contributed by atoms with Crippen LogP contribution in [0.2, 0.25) is 5.02 Å². The lowest BCUT2D eigenvalue weighted by atomic mass is 9.71. The fourth-order valence-electron chi connectivity index (χ4n) is 3.18. The molecule has 0 aromatic heterocycles. The maximum Gasteiger partial charge on any atom is 0.312 e. The van der Waals surface area contributed by atoms with Crippen molar-refractivity contribution in [1.29, 1.82) is 0 Å². The van der Waals surface area contributed by atoms with E-state index in [4.69, 9.17) is 17.3 Å². The van der Waals surface area contributed by atoms with E-state index < -0.39 is 11.9 Å². The van der Waals surface area contributed by atoms with Crippen LogP contribution in [0.15, 0.2) is 18.2 Å². The molecule has 0 aliphatic heterocycles. The molecule has 0 amide bonds. The maximum atomic E-state index is 11.2. The molecular formula is C17H24ClNO2. The summed E-state index contributed by atoms with van der Waals surface area (Å²) in [4.78, 5) is 11.2. The van der Waals surface area contributed by atoms with Crippen LogP contribution in [0, 0.1) is 5.41 Å². The van der Waals surface area contributed by atoms with E-state index in [-0.39, 0.29) is 6.54 Å². The normalized spacial score (nSPS) is 20.2. The van der Waals surface area contributed by atoms with Gasteiger partial charge in [-0.1, -0.05) is 37.6 Å². The summed E-state index contributed by atoms with van der Waals surface area (Å²) in [5.41, 5.74) is 7.81. The number of halogens is 1. The average Bonchev–Trinajstić information content (AvgIpc) is 2.40. The van der Waals surface area contributed by atoms with E-state index >= 15 is 0 Å². The van der Waals surface area contributed by atoms with E-state index in [0.29, 0.717) is 21.9 Å². The Labute approximate surface area is 131 Å². The Morgan fingerprint density at radius 3 is 2.52 bits per heavy atom. The summed E-state index contributed by atoms with van der Waals surface area (Å²) in [6, 6.07) is 5.64. The molecule has 1 saturated carbocycles. The first-order chi connectivity index (χ1) is 9.84. The van der Waals surface area contributed by atoms with Crippen molar-refractivity contribution in [2.75, 3.05) is 6.54 Å². The van der Waals surface area contributed by atoms with Crippen LogP contribution in [0.1, 0.15) is 62.5 Å². The maximum absolute atomic E-state index is 11.2. The Hall–Kier alpha value is -1.06. The van der Waals surface area contributed by atoms with Crippen LogP contribution in [0.25, 0.3) is 0 Å². The summed E-state index contributed by atoms with van der Waals surface area (Å²) in [5, 5.41) is 9.85. The van der Waals surface area contributed by atoms with Gasteiger partial charge in [-0.25, -0.2) is 0 Å². The number of nitrogens with two attached hydrogens (primary N) is 1. The highest BCUT2D eigenvalue weighted by Crippen LogP contribution is 2.44. The third kappa shape index (κ3) is 3.78. The Morgan fingerprint density at radius 2 is 2.05 bits per heavy atom. The Morgan fingerprint density at radius 1 is 1.43 bits per heavy atom. The van der Waals surface area contributed by atoms with Gasteiger partial charge in [-0.2, -0.15) is 0 Å². The molecule has 116 valence electrons. The molecular weight excluding hydrogens is 286 g/mol. The summed E-state index contributed by atoms with van der Waals surface area (Å²) >= 11 is 6.41. The molecule has 1 aliphatic carbocycles. The molecule has 1 unspecified atom stereocenters. The van der Waals surface area contributed by atoms with Crippen molar-refractivity contribution >= 4 is 17.6 Å². The molecule has 21 heavy (non-hydrogen) atoms. The number of benzene rings is 1. The van der Waals surface area contributed by atoms with Gasteiger partial charge in [-0.15, -0.1) is 0 Å². The lowest BCUT2D eigenvalue weighted by molar-refractivity contribution is -0.138. The number of carboxylic acid groups (broad SMARTS) is 1. The first-order valence-corrected chi connectivity index (χ1v) is 7.94. The van der Waals surface area contributed by atoms with Crippen molar-refractivity contribution in [3.05, 3.63) is 34.3 Å². The van der Waals surface area contributed by atoms with Gasteiger partial charge in [0.05, 0.1) is 5.92 Å². The third-order valence-electron chi connectivity index (χ3n) is 4.74. The van der Waals surface area contributed by atoms with Gasteiger partial charge in [0.1, 0.15) is 0 Å². The molecule has 0 spiro atoms. The molecule has 0 saturated heterocycles. The molecule has 1 aromatic rings. The monoisotopic (exact) mass is 309 g/mol. The van der Waals surface area contributed by atoms with Crippen LogP contribution in [-0.4, -0.2) is 17.6 Å². The van der Waals surface area contributed by atoms with E-state index in [0.717, 1.165) is 18.4 Å². The fourth-order valence-corrected chi connectivity index (χ4v) is 3.52. The van der Waals surface area contributed by atoms with E-state index in [1.54, 1.807) is 6.07 Å². The second kappa shape index (κ2) is 6.37. The Balaban J connectivity index is 2.18. The van der Waals surface area contributed by atoms with Gasteiger partial charge in [0, 0.05) is 11.6 Å². The largest absolute Gasteiger partial charge is 0.481 e. The van der Waals surface area contributed by atoms with Gasteiger partial charge in [-0.05, 0) is 54.2 Å². The lowest BCUT2D eigenvalue weighted by Crippen LogP contribution is -2.22. The standard InChI is InChI=1S/C17H24ClNO2/c1-17(2)7-5-11(6-8-17)13-4-3-12(9-15(13)18)14(10-19)16(20)21/h3-4,9,11,14H,5-8,10,19H2,1-2H3,(H,20,21). The fraction of sp³-hybridized carbons (Fsp3) is 0.588. The zero-order chi connectivity index (χ0) is 15.6. The SMILES string of the molecule is CC1(C)CCC(c2ccc(C(CN)C(=O)O)cc2Cl)CC1. The summed E-state index contributed by atoms with van der Waals surface area (Å²) in [6.07, 6.45) is 4.70. The zero-order valence-electron chi connectivity index (χ0n) is 12.7. The highest BCUT2D eigenvalue weighted by Gasteiger charge is 2.29. The van der Waals surface area contributed by atoms with Crippen molar-refractivity contribution < 1.29 is 9.90 Å². The predicted molar refractivity (Wildman–Crippen MR) is 85.9 cm³/mol. The molecule has 1 aliphatic rings. The predicted octanol–water partition coefficient (Wildman–Crippen LogP) is 4.15. The van der Waals surface area contributed by atoms with Crippen LogP contribution in [0.3, 0.4) is 0 Å². The number of hydrogen-bond donors (Lipinski definition) is 2. The van der Waals surface area contributed by atoms with Gasteiger partial charge >= 0.3 is 5.97 Å². The molecule has 3 N–H and O–H groups in total. The third-order valence-corrected chi connectivity index (χ3v) is 5.07. The number of rotatable bonds is 4. The van der Waals surface area contributed by atoms with Gasteiger partial charge in [0.15, 0.2) is 0 Å². The summed E-state index contributed by atoms with van der Waals surface area (Å²) in [5.74, 6) is -1.09. The van der Waals surface area contributed by atoms with E-state index in [2.05, 4.69) is 13.8 Å². The smallest absolute Gasteiger partial charge is 0.312 e. The number of carbonyl (C=O) groups is 1. The lowest BCUT2D eigenvalue weighted by Gasteiger charge is -2.35. The van der Waals surface area contributed by atoms with Crippen molar-refractivity contribution in [3.63, 3.8) is 0 Å². The molecule has 1 atom stereocenters. The molecule has 2 rings (SSSR count). The molecule has 4 heteroatoms. The van der Waals surface area contributed by atoms with E-state index in [1.807, 2.05) is 12.1 Å². The van der Waals surface area contributed by atoms with Gasteiger partial charge in [0.25, 0.3) is 0 Å². The molecule has 1 aromatic carbocycles. The van der Waals surface area contributed by atoms with Crippen LogP contribution in [-0.2, 0) is 4.79 Å². The second-order valence-corrected chi connectivity index (χ2v) is 7.25. The van der Waals surface area contributed by atoms with Crippen molar-refractivity contribution in [2.24, 2.45) is 11.1 Å². The molecule has 0 radical (unpaired) electrons. The van der Waals surface area contributed by atoms with E-state index in [1.165, 1.54) is 12.8 Å². The molecule has 0 heterocycles. The summed E-state index contributed by atoms with van der Waals surface area (Å²) in [6.45, 7) is 4.71. The second-order valence-electron chi connectivity index (χ2n) is 6.85. The van der Waals surface area contributed by atoms with Crippen LogP contribution in [0.4, 0.5) is 0 Å². The first kappa shape index (κ1) is 16.3. The summed E-state index contributed by atoms with van der Waals surface area (Å²) in [7, 11) is 0. The highest BCUT2D eigenvalue weighted by atomic mass is 35.5. The molecule has 1 fully saturated rings. The average molecular weight is 310 g/mol. The molecule has 3 nitrogen and oxygen atoms in total. The van der Waals surface area contributed by atoms with Gasteiger partial charge in [-0.3, -0.25) is 4.79 Å². The van der Waals surface area contributed by atoms with Crippen molar-refractivity contribution in [3.8, 4) is 0 Å². The van der Waals surface area contributed by atoms with E-state index in [9.17, 15) is 9.90 Å². The highest BCUT2D eigenvalue weighted by molar-refractivity contribution is 6.31. The molecule has 0 bridgehead atoms. The van der Waals surface area contributed by atoms with Gasteiger partial charge < -0.3 is 10.8 Å². The van der Waals surface area contributed by atoms with Gasteiger partial charge in [0.2, 0.25) is 0 Å². The Kier molecular flexibility index (Phi) is 4.95. The van der Waals surface area contributed by atoms with Crippen LogP contribution >= 0.6 is 11.6 Å². The zero-order valence-corrected chi connectivity index (χ0v) is 13.5. The number of carboxylic acids is 1. The topological polar surface area (TPSA) is 63.3 Å². The first-order valence-electron chi connectivity index (χ1n) is 7.56. The Bertz CT molecular complexity index is 518. The summed E-state index contributed by atoms with van der Waals surface area (Å²) < 4.78 is 0. The minimum absolute atomic E-state index is 0.0859. The van der Waals surface area contributed by atoms with Crippen LogP contribution < -0.4 is 5.73 Å². The minimum Gasteiger partial charge on any atom is -0.481 e. The van der Waals surface area contributed by atoms with Crippen molar-refractivity contribution in [1.82, 2.24) is 0 Å². The minimum atomic E-state index is -0.902. The van der Waals surface area contributed by atoms with Crippen LogP contribution in [0.5, 0.6) is 0 Å². The number of hydrogen-bond acceptors (Lipinski definition) is 2. The quantitative estimate of drug-likeness (QED) is 0.878.